The zero-order valence-corrected chi connectivity index (χ0v) is 8.47. The highest BCUT2D eigenvalue weighted by molar-refractivity contribution is 6.04. The summed E-state index contributed by atoms with van der Waals surface area (Å²) in [7, 11) is 0. The van der Waals surface area contributed by atoms with Crippen LogP contribution < -0.4 is 5.32 Å². The lowest BCUT2D eigenvalue weighted by Crippen LogP contribution is -2.29. The molecule has 0 aliphatic carbocycles. The summed E-state index contributed by atoms with van der Waals surface area (Å²) in [5.74, 6) is -1.54. The van der Waals surface area contributed by atoms with Crippen molar-refractivity contribution >= 4 is 17.6 Å². The van der Waals surface area contributed by atoms with E-state index >= 15 is 0 Å². The second-order valence-corrected chi connectivity index (χ2v) is 2.89. The Hall–Kier alpha value is -2.31. The van der Waals surface area contributed by atoms with Gasteiger partial charge in [0.2, 0.25) is 5.91 Å². The third-order valence-corrected chi connectivity index (χ3v) is 1.77. The molecule has 1 aromatic rings. The summed E-state index contributed by atoms with van der Waals surface area (Å²) in [6, 6.07) is 2.31. The minimum Gasteiger partial charge on any atom is -0.358 e. The Kier molecular flexibility index (Phi) is 3.65. The molecule has 0 aromatic carbocycles. The number of nitro groups is 1. The molecule has 0 saturated heterocycles. The van der Waals surface area contributed by atoms with Crippen molar-refractivity contribution in [2.45, 2.75) is 13.3 Å². The van der Waals surface area contributed by atoms with Crippen molar-refractivity contribution in [3.8, 4) is 0 Å². The van der Waals surface area contributed by atoms with Crippen molar-refractivity contribution in [1.29, 1.82) is 0 Å². The van der Waals surface area contributed by atoms with Crippen molar-refractivity contribution in [2.24, 2.45) is 0 Å². The zero-order valence-electron chi connectivity index (χ0n) is 8.47. The molecule has 0 radical (unpaired) electrons. The van der Waals surface area contributed by atoms with Gasteiger partial charge in [-0.1, -0.05) is 6.92 Å². The van der Waals surface area contributed by atoms with Gasteiger partial charge in [0.05, 0.1) is 5.56 Å². The third kappa shape index (κ3) is 2.84. The smallest absolute Gasteiger partial charge is 0.358 e. The van der Waals surface area contributed by atoms with Crippen molar-refractivity contribution in [2.75, 3.05) is 0 Å². The SMILES string of the molecule is CCC(=O)NC(=O)c1ccnc([N+](=O)[O-])c1. The maximum absolute atomic E-state index is 11.4. The number of rotatable bonds is 3. The van der Waals surface area contributed by atoms with Gasteiger partial charge in [-0.2, -0.15) is 0 Å². The Labute approximate surface area is 90.6 Å². The lowest BCUT2D eigenvalue weighted by molar-refractivity contribution is -0.389. The number of nitrogens with one attached hydrogen (secondary N) is 1. The van der Waals surface area contributed by atoms with Gasteiger partial charge in [0.15, 0.2) is 0 Å². The summed E-state index contributed by atoms with van der Waals surface area (Å²) < 4.78 is 0. The van der Waals surface area contributed by atoms with Crippen molar-refractivity contribution < 1.29 is 14.5 Å². The summed E-state index contributed by atoms with van der Waals surface area (Å²) in [4.78, 5) is 35.5. The average Bonchev–Trinajstić information content (AvgIpc) is 2.28. The fraction of sp³-hybridized carbons (Fsp3) is 0.222. The van der Waals surface area contributed by atoms with Crippen LogP contribution in [0.2, 0.25) is 0 Å². The third-order valence-electron chi connectivity index (χ3n) is 1.77. The molecule has 1 heterocycles. The molecule has 7 nitrogen and oxygen atoms in total. The van der Waals surface area contributed by atoms with Gasteiger partial charge >= 0.3 is 5.82 Å². The molecular formula is C9H9N3O4. The summed E-state index contributed by atoms with van der Waals surface area (Å²) in [6.07, 6.45) is 1.31. The minimum absolute atomic E-state index is 0.0310. The number of amides is 2. The second-order valence-electron chi connectivity index (χ2n) is 2.89. The first-order chi connectivity index (χ1) is 7.54. The highest BCUT2D eigenvalue weighted by Crippen LogP contribution is 2.08. The standard InChI is InChI=1S/C9H9N3O4/c1-2-8(13)11-9(14)6-3-4-10-7(5-6)12(15)16/h3-5H,2H2,1H3,(H,11,13,14). The van der Waals surface area contributed by atoms with Crippen LogP contribution in [-0.4, -0.2) is 21.7 Å². The second kappa shape index (κ2) is 4.96. The predicted octanol–water partition coefficient (Wildman–Crippen LogP) is 0.656. The monoisotopic (exact) mass is 223 g/mol. The van der Waals surface area contributed by atoms with Crippen LogP contribution in [0, 0.1) is 10.1 Å². The Balaban J connectivity index is 2.88. The van der Waals surface area contributed by atoms with E-state index in [1.165, 1.54) is 6.07 Å². The maximum Gasteiger partial charge on any atom is 0.364 e. The highest BCUT2D eigenvalue weighted by Gasteiger charge is 2.14. The Morgan fingerprint density at radius 3 is 2.81 bits per heavy atom. The molecule has 84 valence electrons. The first-order valence-corrected chi connectivity index (χ1v) is 4.49. The molecule has 0 unspecified atom stereocenters. The molecule has 0 bridgehead atoms. The van der Waals surface area contributed by atoms with Crippen molar-refractivity contribution in [3.63, 3.8) is 0 Å². The van der Waals surface area contributed by atoms with E-state index in [2.05, 4.69) is 10.3 Å². The summed E-state index contributed by atoms with van der Waals surface area (Å²) in [5.41, 5.74) is 0.0310. The molecule has 0 atom stereocenters. The Morgan fingerprint density at radius 1 is 1.56 bits per heavy atom. The van der Waals surface area contributed by atoms with E-state index in [9.17, 15) is 19.7 Å². The Bertz CT molecular complexity index is 444. The molecule has 1 rings (SSSR count). The van der Waals surface area contributed by atoms with Crippen LogP contribution in [-0.2, 0) is 4.79 Å². The van der Waals surface area contributed by atoms with E-state index in [4.69, 9.17) is 0 Å². The molecule has 0 spiro atoms. The molecule has 7 heteroatoms. The number of aromatic nitrogens is 1. The maximum atomic E-state index is 11.4. The first-order valence-electron chi connectivity index (χ1n) is 4.49. The van der Waals surface area contributed by atoms with Crippen LogP contribution in [0.1, 0.15) is 23.7 Å². The lowest BCUT2D eigenvalue weighted by Gasteiger charge is -2.01. The van der Waals surface area contributed by atoms with E-state index in [0.29, 0.717) is 0 Å². The van der Waals surface area contributed by atoms with E-state index in [1.807, 2.05) is 0 Å². The van der Waals surface area contributed by atoms with Gasteiger partial charge in [-0.3, -0.25) is 14.9 Å². The Morgan fingerprint density at radius 2 is 2.25 bits per heavy atom. The lowest BCUT2D eigenvalue weighted by atomic mass is 10.2. The number of hydrogen-bond acceptors (Lipinski definition) is 5. The molecule has 0 saturated carbocycles. The molecule has 1 aromatic heterocycles. The summed E-state index contributed by atoms with van der Waals surface area (Å²) in [6.45, 7) is 1.59. The average molecular weight is 223 g/mol. The van der Waals surface area contributed by atoms with Gasteiger partial charge in [0.25, 0.3) is 5.91 Å². The van der Waals surface area contributed by atoms with Gasteiger partial charge in [-0.25, -0.2) is 0 Å². The zero-order chi connectivity index (χ0) is 12.1. The van der Waals surface area contributed by atoms with Gasteiger partial charge < -0.3 is 10.1 Å². The fourth-order valence-corrected chi connectivity index (χ4v) is 0.947. The minimum atomic E-state index is -0.710. The van der Waals surface area contributed by atoms with E-state index in [0.717, 1.165) is 12.3 Å². The van der Waals surface area contributed by atoms with Crippen LogP contribution >= 0.6 is 0 Å². The van der Waals surface area contributed by atoms with Crippen molar-refractivity contribution in [3.05, 3.63) is 34.0 Å². The van der Waals surface area contributed by atoms with E-state index in [-0.39, 0.29) is 12.0 Å². The molecule has 0 aliphatic heterocycles. The molecule has 16 heavy (non-hydrogen) atoms. The fourth-order valence-electron chi connectivity index (χ4n) is 0.947. The van der Waals surface area contributed by atoms with Crippen LogP contribution in [0.4, 0.5) is 5.82 Å². The summed E-state index contributed by atoms with van der Waals surface area (Å²) >= 11 is 0. The molecule has 0 aliphatic rings. The first kappa shape index (κ1) is 11.8. The largest absolute Gasteiger partial charge is 0.364 e. The van der Waals surface area contributed by atoms with Gasteiger partial charge in [-0.15, -0.1) is 0 Å². The predicted molar refractivity (Wildman–Crippen MR) is 53.7 cm³/mol. The van der Waals surface area contributed by atoms with E-state index in [1.54, 1.807) is 6.92 Å². The quantitative estimate of drug-likeness (QED) is 0.598. The van der Waals surface area contributed by atoms with Gasteiger partial charge in [0.1, 0.15) is 6.20 Å². The molecule has 2 amide bonds. The molecule has 1 N–H and O–H groups in total. The van der Waals surface area contributed by atoms with Crippen molar-refractivity contribution in [1.82, 2.24) is 10.3 Å². The van der Waals surface area contributed by atoms with E-state index < -0.39 is 22.6 Å². The number of imide groups is 1. The molecular weight excluding hydrogens is 214 g/mol. The number of carbonyl (C=O) groups excluding carboxylic acids is 2. The number of nitrogens with zero attached hydrogens (tertiary/aromatic N) is 2. The normalized spacial score (nSPS) is 9.56. The molecule has 0 fully saturated rings. The number of hydrogen-bond donors (Lipinski definition) is 1. The van der Waals surface area contributed by atoms with Crippen LogP contribution in [0.5, 0.6) is 0 Å². The highest BCUT2D eigenvalue weighted by atomic mass is 16.6. The number of carbonyl (C=O) groups is 2. The van der Waals surface area contributed by atoms with Crippen LogP contribution in [0.25, 0.3) is 0 Å². The van der Waals surface area contributed by atoms with Crippen LogP contribution in [0.3, 0.4) is 0 Å². The number of pyridine rings is 1. The van der Waals surface area contributed by atoms with Gasteiger partial charge in [0, 0.05) is 12.5 Å². The van der Waals surface area contributed by atoms with Crippen LogP contribution in [0.15, 0.2) is 18.3 Å². The topological polar surface area (TPSA) is 102 Å². The summed E-state index contributed by atoms with van der Waals surface area (Å²) in [5, 5.41) is 12.5. The van der Waals surface area contributed by atoms with Gasteiger partial charge in [-0.05, 0) is 16.0 Å².